The molecule has 0 aromatic heterocycles. The van der Waals surface area contributed by atoms with Crippen LogP contribution in [0, 0.1) is 0 Å². The lowest BCUT2D eigenvalue weighted by molar-refractivity contribution is -0.136. The van der Waals surface area contributed by atoms with Crippen LogP contribution in [0.15, 0.2) is 78.0 Å². The lowest BCUT2D eigenvalue weighted by Crippen LogP contribution is -2.07. The van der Waals surface area contributed by atoms with E-state index in [2.05, 4.69) is 67.5 Å². The third-order valence-electron chi connectivity index (χ3n) is 5.34. The van der Waals surface area contributed by atoms with Gasteiger partial charge in [0.2, 0.25) is 0 Å². The van der Waals surface area contributed by atoms with E-state index >= 15 is 0 Å². The summed E-state index contributed by atoms with van der Waals surface area (Å²) >= 11 is 0. The third kappa shape index (κ3) is 7.21. The molecule has 5 nitrogen and oxygen atoms in total. The molecule has 0 amide bonds. The van der Waals surface area contributed by atoms with Gasteiger partial charge in [-0.15, -0.1) is 0 Å². The first kappa shape index (κ1) is 24.1. The van der Waals surface area contributed by atoms with Gasteiger partial charge in [0.25, 0.3) is 0 Å². The number of benzene rings is 3. The molecule has 0 radical (unpaired) electrons. The molecule has 0 heterocycles. The summed E-state index contributed by atoms with van der Waals surface area (Å²) in [5.41, 5.74) is 6.31. The summed E-state index contributed by atoms with van der Waals surface area (Å²) in [6.45, 7) is 7.06. The predicted molar refractivity (Wildman–Crippen MR) is 132 cm³/mol. The highest BCUT2D eigenvalue weighted by atomic mass is 16.6. The zero-order chi connectivity index (χ0) is 23.6. The molecule has 3 aromatic carbocycles. The van der Waals surface area contributed by atoms with Crippen LogP contribution in [0.4, 0.5) is 0 Å². The first-order chi connectivity index (χ1) is 16.0. The first-order valence-corrected chi connectivity index (χ1v) is 11.3. The Hall–Kier alpha value is -3.60. The van der Waals surface area contributed by atoms with E-state index in [1.165, 1.54) is 16.7 Å². The van der Waals surface area contributed by atoms with Gasteiger partial charge in [-0.05, 0) is 52.3 Å². The highest BCUT2D eigenvalue weighted by Gasteiger charge is 2.06. The maximum atomic E-state index is 10.8. The van der Waals surface area contributed by atoms with E-state index < -0.39 is 5.97 Å². The molecule has 0 unspecified atom stereocenters. The van der Waals surface area contributed by atoms with Gasteiger partial charge in [-0.25, -0.2) is 0 Å². The van der Waals surface area contributed by atoms with E-state index in [1.807, 2.05) is 6.92 Å². The largest absolute Gasteiger partial charge is 0.490 e. The monoisotopic (exact) mass is 445 g/mol. The Morgan fingerprint density at radius 3 is 2.21 bits per heavy atom. The van der Waals surface area contributed by atoms with Crippen molar-refractivity contribution < 1.29 is 19.5 Å². The second-order valence-corrected chi connectivity index (χ2v) is 8.15. The Balaban J connectivity index is 1.53. The van der Waals surface area contributed by atoms with Crippen LogP contribution < -0.4 is 4.74 Å². The Bertz CT molecular complexity index is 1070. The van der Waals surface area contributed by atoms with Gasteiger partial charge in [-0.1, -0.05) is 86.6 Å². The molecule has 0 fully saturated rings. The number of hydrogen-bond donors (Lipinski definition) is 1. The third-order valence-corrected chi connectivity index (χ3v) is 5.34. The number of carbonyl (C=O) groups is 1. The topological polar surface area (TPSA) is 68.1 Å². The molecular weight excluding hydrogens is 414 g/mol. The Morgan fingerprint density at radius 2 is 1.61 bits per heavy atom. The van der Waals surface area contributed by atoms with E-state index in [1.54, 1.807) is 24.3 Å². The van der Waals surface area contributed by atoms with Crippen LogP contribution in [-0.4, -0.2) is 30.0 Å². The summed E-state index contributed by atoms with van der Waals surface area (Å²) in [6, 6.07) is 24.1. The van der Waals surface area contributed by atoms with Crippen LogP contribution >= 0.6 is 0 Å². The van der Waals surface area contributed by atoms with E-state index in [9.17, 15) is 4.79 Å². The molecule has 0 atom stereocenters. The highest BCUT2D eigenvalue weighted by Crippen LogP contribution is 2.23. The number of ether oxygens (including phenoxy) is 1. The SMILES string of the molecule is CCC(=NOCCOc1cccc(CC(=O)O)c1)c1ccc(-c2ccc(C(C)C)cc2)cc1. The van der Waals surface area contributed by atoms with Crippen molar-refractivity contribution >= 4 is 11.7 Å². The lowest BCUT2D eigenvalue weighted by Gasteiger charge is -2.09. The quantitative estimate of drug-likeness (QED) is 0.213. The Morgan fingerprint density at radius 1 is 0.939 bits per heavy atom. The molecule has 3 aromatic rings. The number of nitrogens with zero attached hydrogens (tertiary/aromatic N) is 1. The number of rotatable bonds is 11. The molecule has 172 valence electrons. The summed E-state index contributed by atoms with van der Waals surface area (Å²) in [4.78, 5) is 16.3. The molecule has 1 N–H and O–H groups in total. The second kappa shape index (κ2) is 11.9. The zero-order valence-electron chi connectivity index (χ0n) is 19.5. The van der Waals surface area contributed by atoms with Crippen molar-refractivity contribution in [2.75, 3.05) is 13.2 Å². The standard InChI is InChI=1S/C28H31NO4/c1-4-27(29-33-17-16-32-26-7-5-6-21(18-26)19-28(30)31)25-14-12-24(13-15-25)23-10-8-22(9-11-23)20(2)3/h5-15,18,20H,4,16-17,19H2,1-3H3,(H,30,31). The minimum Gasteiger partial charge on any atom is -0.490 e. The first-order valence-electron chi connectivity index (χ1n) is 11.3. The minimum absolute atomic E-state index is 0.0279. The summed E-state index contributed by atoms with van der Waals surface area (Å²) in [7, 11) is 0. The number of hydrogen-bond acceptors (Lipinski definition) is 4. The van der Waals surface area contributed by atoms with E-state index in [4.69, 9.17) is 14.7 Å². The highest BCUT2D eigenvalue weighted by molar-refractivity contribution is 6.00. The van der Waals surface area contributed by atoms with Crippen molar-refractivity contribution in [2.45, 2.75) is 39.5 Å². The van der Waals surface area contributed by atoms with Crippen molar-refractivity contribution in [3.63, 3.8) is 0 Å². The van der Waals surface area contributed by atoms with Gasteiger partial charge in [-0.3, -0.25) is 4.79 Å². The second-order valence-electron chi connectivity index (χ2n) is 8.15. The maximum Gasteiger partial charge on any atom is 0.307 e. The van der Waals surface area contributed by atoms with Crippen LogP contribution in [0.25, 0.3) is 11.1 Å². The van der Waals surface area contributed by atoms with E-state index in [0.717, 1.165) is 17.7 Å². The molecule has 0 aliphatic heterocycles. The Kier molecular flexibility index (Phi) is 8.64. The van der Waals surface area contributed by atoms with Gasteiger partial charge >= 0.3 is 5.97 Å². The van der Waals surface area contributed by atoms with Crippen molar-refractivity contribution in [2.24, 2.45) is 5.16 Å². The summed E-state index contributed by atoms with van der Waals surface area (Å²) in [6.07, 6.45) is 0.723. The smallest absolute Gasteiger partial charge is 0.307 e. The summed E-state index contributed by atoms with van der Waals surface area (Å²) < 4.78 is 5.65. The number of aliphatic carboxylic acids is 1. The minimum atomic E-state index is -0.867. The summed E-state index contributed by atoms with van der Waals surface area (Å²) in [5, 5.41) is 13.2. The average molecular weight is 446 g/mol. The number of oxime groups is 1. The van der Waals surface area contributed by atoms with Crippen LogP contribution in [0.2, 0.25) is 0 Å². The predicted octanol–water partition coefficient (Wildman–Crippen LogP) is 6.31. The molecule has 0 bridgehead atoms. The van der Waals surface area contributed by atoms with Gasteiger partial charge in [0.05, 0.1) is 12.1 Å². The van der Waals surface area contributed by atoms with E-state index in [-0.39, 0.29) is 6.42 Å². The van der Waals surface area contributed by atoms with Gasteiger partial charge in [0.1, 0.15) is 12.4 Å². The fraction of sp³-hybridized carbons (Fsp3) is 0.286. The molecule has 0 saturated heterocycles. The Labute approximate surface area is 195 Å². The van der Waals surface area contributed by atoms with Crippen molar-refractivity contribution in [1.29, 1.82) is 0 Å². The van der Waals surface area contributed by atoms with Crippen LogP contribution in [0.3, 0.4) is 0 Å². The summed E-state index contributed by atoms with van der Waals surface area (Å²) in [5.74, 6) is 0.278. The molecule has 0 spiro atoms. The van der Waals surface area contributed by atoms with Gasteiger partial charge in [-0.2, -0.15) is 0 Å². The molecule has 33 heavy (non-hydrogen) atoms. The van der Waals surface area contributed by atoms with Gasteiger partial charge in [0.15, 0.2) is 6.61 Å². The molecule has 3 rings (SSSR count). The fourth-order valence-corrected chi connectivity index (χ4v) is 3.48. The number of carboxylic acid groups (broad SMARTS) is 1. The van der Waals surface area contributed by atoms with Crippen molar-refractivity contribution in [3.05, 3.63) is 89.5 Å². The van der Waals surface area contributed by atoms with Crippen molar-refractivity contribution in [3.8, 4) is 16.9 Å². The fourth-order valence-electron chi connectivity index (χ4n) is 3.48. The lowest BCUT2D eigenvalue weighted by atomic mass is 9.97. The molecule has 0 aliphatic rings. The maximum absolute atomic E-state index is 10.8. The molecule has 0 aliphatic carbocycles. The molecule has 5 heteroatoms. The average Bonchev–Trinajstić information content (AvgIpc) is 2.81. The van der Waals surface area contributed by atoms with Crippen LogP contribution in [0.5, 0.6) is 5.75 Å². The number of carboxylic acids is 1. The van der Waals surface area contributed by atoms with Crippen molar-refractivity contribution in [1.82, 2.24) is 0 Å². The van der Waals surface area contributed by atoms with Gasteiger partial charge in [0, 0.05) is 0 Å². The molecular formula is C28H31NO4. The van der Waals surface area contributed by atoms with Crippen LogP contribution in [0.1, 0.15) is 49.8 Å². The van der Waals surface area contributed by atoms with E-state index in [0.29, 0.717) is 30.4 Å². The zero-order valence-corrected chi connectivity index (χ0v) is 19.5. The van der Waals surface area contributed by atoms with Gasteiger partial charge < -0.3 is 14.7 Å². The van der Waals surface area contributed by atoms with Crippen LogP contribution in [-0.2, 0) is 16.1 Å². The molecule has 0 saturated carbocycles. The normalized spacial score (nSPS) is 11.5.